The maximum atomic E-state index is 12.5. The van der Waals surface area contributed by atoms with Crippen molar-refractivity contribution < 1.29 is 9.47 Å². The highest BCUT2D eigenvalue weighted by Gasteiger charge is 2.15. The quantitative estimate of drug-likeness (QED) is 0.315. The summed E-state index contributed by atoms with van der Waals surface area (Å²) in [5, 5.41) is 3.11. The molecular weight excluding hydrogens is 422 g/mol. The monoisotopic (exact) mass is 449 g/mol. The topological polar surface area (TPSA) is 133 Å². The zero-order chi connectivity index (χ0) is 23.2. The Labute approximate surface area is 190 Å². The molecule has 0 radical (unpaired) electrons. The fourth-order valence-corrected chi connectivity index (χ4v) is 3.30. The Morgan fingerprint density at radius 3 is 2.61 bits per heavy atom. The number of rotatable bonds is 10. The van der Waals surface area contributed by atoms with Gasteiger partial charge in [-0.2, -0.15) is 9.97 Å². The van der Waals surface area contributed by atoms with Crippen LogP contribution in [0.3, 0.4) is 0 Å². The lowest BCUT2D eigenvalue weighted by Crippen LogP contribution is -2.18. The molecule has 0 aliphatic carbocycles. The summed E-state index contributed by atoms with van der Waals surface area (Å²) in [6, 6.07) is 11.6. The Balaban J connectivity index is 1.50. The molecule has 10 nitrogen and oxygen atoms in total. The Kier molecular flexibility index (Phi) is 6.84. The number of pyridine rings is 1. The van der Waals surface area contributed by atoms with Gasteiger partial charge in [-0.15, -0.1) is 0 Å². The van der Waals surface area contributed by atoms with Gasteiger partial charge in [0.05, 0.1) is 13.2 Å². The number of hydrogen-bond donors (Lipinski definition) is 3. The molecule has 4 aromatic rings. The molecule has 0 saturated heterocycles. The van der Waals surface area contributed by atoms with E-state index in [1.807, 2.05) is 37.4 Å². The van der Waals surface area contributed by atoms with Crippen molar-refractivity contribution in [2.75, 3.05) is 19.4 Å². The average Bonchev–Trinajstić information content (AvgIpc) is 3.12. The third-order valence-corrected chi connectivity index (χ3v) is 5.02. The summed E-state index contributed by atoms with van der Waals surface area (Å²) in [7, 11) is 1.91. The van der Waals surface area contributed by atoms with Gasteiger partial charge < -0.3 is 25.5 Å². The number of aromatic nitrogens is 5. The normalized spacial score (nSPS) is 11.1. The van der Waals surface area contributed by atoms with E-state index in [1.54, 1.807) is 12.3 Å². The first-order valence-electron chi connectivity index (χ1n) is 10.8. The van der Waals surface area contributed by atoms with E-state index >= 15 is 0 Å². The molecule has 0 aliphatic heterocycles. The van der Waals surface area contributed by atoms with Gasteiger partial charge in [0.2, 0.25) is 5.88 Å². The van der Waals surface area contributed by atoms with E-state index in [-0.39, 0.29) is 24.1 Å². The number of ether oxygens (including phenoxy) is 2. The molecule has 0 unspecified atom stereocenters. The Bertz CT molecular complexity index is 1260. The molecule has 4 rings (SSSR count). The second kappa shape index (κ2) is 10.1. The number of nitrogens with one attached hydrogen (secondary N) is 2. The number of benzene rings is 1. The van der Waals surface area contributed by atoms with Crippen LogP contribution in [0.2, 0.25) is 0 Å². The van der Waals surface area contributed by atoms with E-state index in [2.05, 4.69) is 32.2 Å². The van der Waals surface area contributed by atoms with Gasteiger partial charge in [0.15, 0.2) is 11.5 Å². The molecule has 172 valence electrons. The smallest absolute Gasteiger partial charge is 0.328 e. The van der Waals surface area contributed by atoms with Gasteiger partial charge in [0.1, 0.15) is 11.3 Å². The Hall–Kier alpha value is -3.92. The van der Waals surface area contributed by atoms with Gasteiger partial charge in [-0.05, 0) is 36.7 Å². The van der Waals surface area contributed by atoms with Crippen LogP contribution in [-0.2, 0) is 13.1 Å². The van der Waals surface area contributed by atoms with Gasteiger partial charge in [-0.25, -0.2) is 9.78 Å². The molecule has 0 fully saturated rings. The van der Waals surface area contributed by atoms with Crippen molar-refractivity contribution >= 4 is 17.0 Å². The molecule has 3 heterocycles. The Morgan fingerprint density at radius 1 is 1.12 bits per heavy atom. The summed E-state index contributed by atoms with van der Waals surface area (Å²) in [5.41, 5.74) is 8.42. The lowest BCUT2D eigenvalue weighted by Gasteiger charge is -2.08. The number of H-pyrrole nitrogens is 1. The van der Waals surface area contributed by atoms with Crippen LogP contribution in [0.4, 0.5) is 5.82 Å². The first-order chi connectivity index (χ1) is 16.1. The minimum Gasteiger partial charge on any atom is -0.463 e. The van der Waals surface area contributed by atoms with Crippen LogP contribution in [-0.4, -0.2) is 38.2 Å². The average molecular weight is 450 g/mol. The number of unbranched alkanes of at least 4 members (excludes halogenated alkanes) is 1. The van der Waals surface area contributed by atoms with Crippen molar-refractivity contribution in [3.05, 3.63) is 64.2 Å². The number of fused-ring (bicyclic) bond motifs is 1. The third kappa shape index (κ3) is 5.29. The van der Waals surface area contributed by atoms with Crippen LogP contribution >= 0.6 is 0 Å². The fourth-order valence-electron chi connectivity index (χ4n) is 3.30. The summed E-state index contributed by atoms with van der Waals surface area (Å²) in [4.78, 5) is 28.1. The second-order valence-corrected chi connectivity index (χ2v) is 7.59. The van der Waals surface area contributed by atoms with Crippen LogP contribution in [0, 0.1) is 0 Å². The number of imidazole rings is 1. The second-order valence-electron chi connectivity index (χ2n) is 7.59. The van der Waals surface area contributed by atoms with Crippen molar-refractivity contribution in [2.45, 2.75) is 32.9 Å². The van der Waals surface area contributed by atoms with Crippen molar-refractivity contribution in [2.24, 2.45) is 0 Å². The number of hydrogen-bond acceptors (Lipinski definition) is 8. The summed E-state index contributed by atoms with van der Waals surface area (Å²) in [6.07, 6.45) is 3.53. The highest BCUT2D eigenvalue weighted by molar-refractivity contribution is 5.81. The molecule has 0 bridgehead atoms. The largest absolute Gasteiger partial charge is 0.463 e. The van der Waals surface area contributed by atoms with Gasteiger partial charge in [0.25, 0.3) is 0 Å². The van der Waals surface area contributed by atoms with E-state index in [0.29, 0.717) is 29.4 Å². The molecule has 0 amide bonds. The van der Waals surface area contributed by atoms with Crippen LogP contribution in [0.5, 0.6) is 17.6 Å². The molecule has 0 spiro atoms. The number of aromatic amines is 1. The predicted octanol–water partition coefficient (Wildman–Crippen LogP) is 2.84. The molecule has 0 saturated carbocycles. The maximum Gasteiger partial charge on any atom is 0.328 e. The van der Waals surface area contributed by atoms with Crippen LogP contribution in [0.25, 0.3) is 11.2 Å². The zero-order valence-electron chi connectivity index (χ0n) is 18.7. The van der Waals surface area contributed by atoms with E-state index in [9.17, 15) is 4.79 Å². The molecule has 33 heavy (non-hydrogen) atoms. The molecular formula is C23H27N7O3. The molecule has 10 heteroatoms. The molecule has 0 aliphatic rings. The van der Waals surface area contributed by atoms with E-state index in [0.717, 1.165) is 24.9 Å². The lowest BCUT2D eigenvalue weighted by molar-refractivity contribution is 0.286. The Morgan fingerprint density at radius 2 is 1.91 bits per heavy atom. The summed E-state index contributed by atoms with van der Waals surface area (Å²) < 4.78 is 12.9. The predicted molar refractivity (Wildman–Crippen MR) is 126 cm³/mol. The van der Waals surface area contributed by atoms with Gasteiger partial charge in [-0.3, -0.25) is 4.57 Å². The van der Waals surface area contributed by atoms with Gasteiger partial charge in [0, 0.05) is 18.8 Å². The van der Waals surface area contributed by atoms with Gasteiger partial charge in [-0.1, -0.05) is 31.5 Å². The fraction of sp³-hybridized carbons (Fsp3) is 0.304. The molecule has 3 aromatic heterocycles. The summed E-state index contributed by atoms with van der Waals surface area (Å²) in [6.45, 7) is 3.61. The number of nitrogens with zero attached hydrogens (tertiary/aromatic N) is 4. The van der Waals surface area contributed by atoms with Crippen molar-refractivity contribution in [1.82, 2.24) is 29.8 Å². The maximum absolute atomic E-state index is 12.5. The standard InChI is InChI=1S/C23H27N7O3/c1-3-4-11-32-22-28-20(24)19-21(29-22)30(23(31)27-19)14-16-7-10-18(26-13-16)33-17-8-5-15(6-9-17)12-25-2/h5-10,13,25H,3-4,11-12,14H2,1-2H3,(H,27,31)(H2,24,28,29). The van der Waals surface area contributed by atoms with E-state index in [1.165, 1.54) is 10.1 Å². The number of nitrogens with two attached hydrogens (primary N) is 1. The minimum atomic E-state index is -0.335. The molecule has 1 aromatic carbocycles. The van der Waals surface area contributed by atoms with E-state index < -0.39 is 0 Å². The first-order valence-corrected chi connectivity index (χ1v) is 10.8. The van der Waals surface area contributed by atoms with Crippen molar-refractivity contribution in [3.63, 3.8) is 0 Å². The summed E-state index contributed by atoms with van der Waals surface area (Å²) in [5.74, 6) is 1.33. The van der Waals surface area contributed by atoms with E-state index in [4.69, 9.17) is 15.2 Å². The van der Waals surface area contributed by atoms with Gasteiger partial charge >= 0.3 is 11.7 Å². The highest BCUT2D eigenvalue weighted by atomic mass is 16.5. The lowest BCUT2D eigenvalue weighted by atomic mass is 10.2. The summed E-state index contributed by atoms with van der Waals surface area (Å²) >= 11 is 0. The van der Waals surface area contributed by atoms with Crippen LogP contribution in [0.15, 0.2) is 47.4 Å². The number of nitrogen functional groups attached to an aromatic ring is 1. The first kappa shape index (κ1) is 22.3. The van der Waals surface area contributed by atoms with Crippen molar-refractivity contribution in [3.8, 4) is 17.6 Å². The highest BCUT2D eigenvalue weighted by Crippen LogP contribution is 2.21. The zero-order valence-corrected chi connectivity index (χ0v) is 18.7. The van der Waals surface area contributed by atoms with Crippen LogP contribution < -0.4 is 26.2 Å². The molecule has 0 atom stereocenters. The minimum absolute atomic E-state index is 0.156. The van der Waals surface area contributed by atoms with Crippen LogP contribution in [0.1, 0.15) is 30.9 Å². The molecule has 4 N–H and O–H groups in total. The SMILES string of the molecule is CCCCOc1nc(N)c2[nH]c(=O)n(Cc3ccc(Oc4ccc(CNC)cc4)nc3)c2n1. The van der Waals surface area contributed by atoms with Crippen molar-refractivity contribution in [1.29, 1.82) is 0 Å². The third-order valence-electron chi connectivity index (χ3n) is 5.02. The number of anilines is 1.